The summed E-state index contributed by atoms with van der Waals surface area (Å²) in [7, 11) is 10.0. The first-order valence-corrected chi connectivity index (χ1v) is 41.6. The molecular formula is C109H158N5+5. The summed E-state index contributed by atoms with van der Waals surface area (Å²) < 4.78 is 148. The Bertz CT molecular complexity index is 5500. The zero-order valence-electron chi connectivity index (χ0n) is 94.1. The molecule has 0 radical (unpaired) electrons. The van der Waals surface area contributed by atoms with Crippen molar-refractivity contribution in [1.29, 1.82) is 0 Å². The smallest absolute Gasteiger partial charge is 0.201 e. The van der Waals surface area contributed by atoms with Crippen LogP contribution in [-0.4, -0.2) is 0 Å². The molecule has 0 atom stereocenters. The third kappa shape index (κ3) is 26.7. The molecule has 614 valence electrons. The summed E-state index contributed by atoms with van der Waals surface area (Å²) in [6.45, 7) is 56.6. The molecule has 0 aliphatic carbocycles. The molecule has 114 heavy (non-hydrogen) atoms. The number of rotatable bonds is 17. The van der Waals surface area contributed by atoms with E-state index in [2.05, 4.69) is 246 Å². The van der Waals surface area contributed by atoms with Crippen molar-refractivity contribution in [2.75, 3.05) is 0 Å². The van der Waals surface area contributed by atoms with Gasteiger partial charge in [-0.05, 0) is 244 Å². The summed E-state index contributed by atoms with van der Waals surface area (Å²) in [5, 5.41) is 0. The van der Waals surface area contributed by atoms with Crippen LogP contribution in [0.3, 0.4) is 0 Å². The van der Waals surface area contributed by atoms with Gasteiger partial charge in [0.1, 0.15) is 35.2 Å². The van der Waals surface area contributed by atoms with Gasteiger partial charge in [0.15, 0.2) is 31.0 Å². The van der Waals surface area contributed by atoms with E-state index < -0.39 is 46.0 Å². The average Bonchev–Trinajstić information content (AvgIpc) is 0.751. The summed E-state index contributed by atoms with van der Waals surface area (Å²) in [5.41, 5.74) is 28.2. The Labute approximate surface area is 722 Å². The predicted molar refractivity (Wildman–Crippen MR) is 494 cm³/mol. The Hall–Kier alpha value is -8.15. The van der Waals surface area contributed by atoms with Crippen LogP contribution < -0.4 is 22.8 Å². The Kier molecular flexibility index (Phi) is 25.1. The first-order valence-electron chi connectivity index (χ1n) is 50.1. The standard InChI is InChI=1S/4C22H32N.C21H30N/c1-15-10-11-17(16(2)12-15)20-13-18(21(3,4)5)19(14-23(20)9)22(6,7)8;3*1-15(2)10-19-13-22(21-9-8-17(5)12-18(21)6)23(7)14-20(19)11-16(3)4;1-15-11-9-10-12-16(15)19-13-17(20(2,3)4)18(14-22(19)8)21(5,6)7/h10-14H,1-9H3;3*8-9,12-16H,10-11H2,1-7H3;9-14H,1-8H3/q5*+1/i1D3;2*5D3,10D2,11D2;;. The van der Waals surface area contributed by atoms with E-state index in [4.69, 9.17) is 23.3 Å². The van der Waals surface area contributed by atoms with Crippen molar-refractivity contribution in [3.8, 4) is 56.3 Å². The molecule has 0 aliphatic rings. The summed E-state index contributed by atoms with van der Waals surface area (Å²) in [4.78, 5) is 0. The number of pyridine rings is 5. The monoisotopic (exact) mass is 1550 g/mol. The van der Waals surface area contributed by atoms with E-state index >= 15 is 0 Å². The lowest BCUT2D eigenvalue weighted by molar-refractivity contribution is -0.661. The number of hydrogen-bond acceptors (Lipinski definition) is 0. The van der Waals surface area contributed by atoms with Gasteiger partial charge in [-0.3, -0.25) is 0 Å². The van der Waals surface area contributed by atoms with Crippen LogP contribution in [0.1, 0.15) is 295 Å². The molecule has 0 bridgehead atoms. The fraction of sp³-hybridized carbons (Fsp3) is 0.495. The van der Waals surface area contributed by atoms with Crippen LogP contribution in [0.5, 0.6) is 0 Å². The summed E-state index contributed by atoms with van der Waals surface area (Å²) in [6, 6.07) is 41.3. The molecule has 0 unspecified atom stereocenters. The average molecular weight is 1560 g/mol. The van der Waals surface area contributed by atoms with E-state index in [0.29, 0.717) is 51.0 Å². The van der Waals surface area contributed by atoms with Crippen molar-refractivity contribution < 1.29 is 46.1 Å². The van der Waals surface area contributed by atoms with Crippen molar-refractivity contribution >= 4 is 0 Å². The maximum absolute atomic E-state index is 8.70. The second-order valence-electron chi connectivity index (χ2n) is 38.3. The molecular weight excluding hydrogens is 1380 g/mol. The number of aryl methyl sites for hydroxylation is 14. The van der Waals surface area contributed by atoms with Crippen LogP contribution in [0.15, 0.2) is 158 Å². The highest BCUT2D eigenvalue weighted by molar-refractivity contribution is 5.67. The molecule has 0 amide bonds. The van der Waals surface area contributed by atoms with Gasteiger partial charge in [0.05, 0.1) is 0 Å². The summed E-state index contributed by atoms with van der Waals surface area (Å²) in [5.74, 6) is 0.0155. The quantitative estimate of drug-likeness (QED) is 0.0810. The zero-order chi connectivity index (χ0) is 100. The molecule has 0 N–H and O–H groups in total. The zero-order valence-corrected chi connectivity index (χ0v) is 77.1. The van der Waals surface area contributed by atoms with Crippen molar-refractivity contribution in [3.05, 3.63) is 264 Å². The minimum Gasteiger partial charge on any atom is -0.201 e. The van der Waals surface area contributed by atoms with Gasteiger partial charge in [-0.15, -0.1) is 0 Å². The fourth-order valence-corrected chi connectivity index (χ4v) is 14.9. The van der Waals surface area contributed by atoms with Gasteiger partial charge in [-0.2, -0.15) is 0 Å². The van der Waals surface area contributed by atoms with Crippen molar-refractivity contribution in [1.82, 2.24) is 0 Å². The van der Waals surface area contributed by atoms with Crippen LogP contribution in [0.2, 0.25) is 0 Å². The molecule has 0 fully saturated rings. The number of benzene rings is 5. The Balaban J connectivity index is 0.000000253. The molecule has 5 heterocycles. The first kappa shape index (κ1) is 71.2. The Morgan fingerprint density at radius 3 is 0.807 bits per heavy atom. The van der Waals surface area contributed by atoms with E-state index in [1.807, 2.05) is 26.8 Å². The van der Waals surface area contributed by atoms with E-state index in [1.54, 1.807) is 152 Å². The fourth-order valence-electron chi connectivity index (χ4n) is 14.9. The van der Waals surface area contributed by atoms with Gasteiger partial charge in [-0.1, -0.05) is 255 Å². The normalized spacial score (nSPS) is 15.0. The lowest BCUT2D eigenvalue weighted by Gasteiger charge is -2.29. The molecule has 5 heteroatoms. The molecule has 10 aromatic rings. The molecule has 0 saturated carbocycles. The molecule has 5 aromatic heterocycles. The molecule has 0 spiro atoms. The van der Waals surface area contributed by atoms with E-state index in [-0.39, 0.29) is 56.5 Å². The first-order chi connectivity index (χ1) is 59.4. The van der Waals surface area contributed by atoms with E-state index in [0.717, 1.165) is 51.9 Å². The topological polar surface area (TPSA) is 19.4 Å². The van der Waals surface area contributed by atoms with Crippen LogP contribution >= 0.6 is 0 Å². The number of aromatic nitrogens is 5. The van der Waals surface area contributed by atoms with Gasteiger partial charge in [0.25, 0.3) is 0 Å². The third-order valence-electron chi connectivity index (χ3n) is 20.4. The van der Waals surface area contributed by atoms with Crippen molar-refractivity contribution in [3.63, 3.8) is 0 Å². The molecule has 0 saturated heterocycles. The van der Waals surface area contributed by atoms with Crippen molar-refractivity contribution in [2.24, 2.45) is 70.7 Å². The molecule has 5 nitrogen and oxygen atoms in total. The summed E-state index contributed by atoms with van der Waals surface area (Å²) in [6.07, 6.45) is 5.72. The van der Waals surface area contributed by atoms with E-state index in [1.165, 1.54) is 72.6 Å². The van der Waals surface area contributed by atoms with Gasteiger partial charge in [0, 0.05) is 109 Å². The molecule has 0 aliphatic heterocycles. The van der Waals surface area contributed by atoms with Crippen LogP contribution in [0, 0.1) is 97.6 Å². The predicted octanol–water partition coefficient (Wildman–Crippen LogP) is 26.0. The highest BCUT2D eigenvalue weighted by Gasteiger charge is 2.33. The van der Waals surface area contributed by atoms with Gasteiger partial charge >= 0.3 is 0 Å². The van der Waals surface area contributed by atoms with Gasteiger partial charge in [-0.25, -0.2) is 22.8 Å². The minimum atomic E-state index is -2.19. The lowest BCUT2D eigenvalue weighted by Crippen LogP contribution is -2.36. The second-order valence-corrected chi connectivity index (χ2v) is 38.3. The van der Waals surface area contributed by atoms with Gasteiger partial charge < -0.3 is 0 Å². The number of hydrogen-bond donors (Lipinski definition) is 0. The maximum Gasteiger partial charge on any atom is 0.212 e. The summed E-state index contributed by atoms with van der Waals surface area (Å²) >= 11 is 0. The Morgan fingerprint density at radius 1 is 0.263 bits per heavy atom. The molecule has 5 aromatic carbocycles. The van der Waals surface area contributed by atoms with Crippen LogP contribution in [0.4, 0.5) is 0 Å². The van der Waals surface area contributed by atoms with Crippen molar-refractivity contribution in [2.45, 2.75) is 288 Å². The highest BCUT2D eigenvalue weighted by atomic mass is 14.9. The third-order valence-corrected chi connectivity index (χ3v) is 20.4. The van der Waals surface area contributed by atoms with Gasteiger partial charge in [0.2, 0.25) is 28.5 Å². The largest absolute Gasteiger partial charge is 0.212 e. The molecule has 10 rings (SSSR count). The lowest BCUT2D eigenvalue weighted by atomic mass is 9.75. The van der Waals surface area contributed by atoms with E-state index in [9.17, 15) is 0 Å². The number of nitrogens with zero attached hydrogens (tertiary/aromatic N) is 5. The maximum atomic E-state index is 8.70. The highest BCUT2D eigenvalue weighted by Crippen LogP contribution is 2.39. The minimum absolute atomic E-state index is 0.0260. The Morgan fingerprint density at radius 2 is 0.518 bits per heavy atom. The van der Waals surface area contributed by atoms with Crippen LogP contribution in [-0.2, 0) is 95.2 Å². The van der Waals surface area contributed by atoms with Crippen LogP contribution in [0.25, 0.3) is 56.3 Å². The second kappa shape index (κ2) is 40.1. The SMILES string of the molecule is Cc1ccc(-c2cc(CC(C)C)c(CC(C)C)c[n+]2C)c(C)c1.Cc1ccccc1-c1cc(C(C)(C)C)c(C(C)(C)C)c[n+]1C.[2H]C([2H])([2H])c1ccc(-c2cc(C(C)(C)C)c(C(C)(C)C)c[n+]2C)c(C)c1.[2H]C([2H])([2H])c1ccc(-c2cc(C([2H])([2H])C(C)C)c(C([2H])([2H])C(C)C)c[n+]2C)c(C)c1.[2H]C([2H])([2H])c1ccc(-c2cc(C([2H])([2H])C(C)C)c(C([2H])([2H])C(C)C)c[n+]2C)c(C)c1.